The van der Waals surface area contributed by atoms with Crippen molar-refractivity contribution in [2.75, 3.05) is 19.7 Å². The number of carboxylic acid groups (broad SMARTS) is 2. The van der Waals surface area contributed by atoms with Crippen LogP contribution in [-0.4, -0.2) is 48.0 Å². The van der Waals surface area contributed by atoms with Gasteiger partial charge in [0.05, 0.1) is 26.7 Å². The first-order valence-electron chi connectivity index (χ1n) is 9.29. The Balaban J connectivity index is 0.000000414. The second-order valence-corrected chi connectivity index (χ2v) is 8.58. The monoisotopic (exact) mass is 555 g/mol. The highest BCUT2D eigenvalue weighted by Crippen LogP contribution is 2.47. The van der Waals surface area contributed by atoms with Crippen LogP contribution in [0, 0.1) is 0 Å². The van der Waals surface area contributed by atoms with Gasteiger partial charge in [0.25, 0.3) is 0 Å². The van der Waals surface area contributed by atoms with Crippen LogP contribution in [0.3, 0.4) is 0 Å². The molecule has 0 aliphatic carbocycles. The molecule has 1 saturated heterocycles. The summed E-state index contributed by atoms with van der Waals surface area (Å²) >= 11 is 31.9. The summed E-state index contributed by atoms with van der Waals surface area (Å²) in [5, 5.41) is 18.1. The Bertz CT molecular complexity index is 998. The lowest BCUT2D eigenvalue weighted by atomic mass is 10.0. The highest BCUT2D eigenvalue weighted by Gasteiger charge is 2.45. The zero-order valence-electron chi connectivity index (χ0n) is 16.7. The Hall–Kier alpha value is -1.71. The summed E-state index contributed by atoms with van der Waals surface area (Å²) in [7, 11) is 0. The summed E-state index contributed by atoms with van der Waals surface area (Å²) in [5.74, 6) is -1.95. The van der Waals surface area contributed by atoms with Gasteiger partial charge in [-0.3, -0.25) is 0 Å². The molecule has 3 N–H and O–H groups in total. The molecule has 3 rings (SSSR count). The van der Waals surface area contributed by atoms with Crippen LogP contribution < -0.4 is 10.1 Å². The van der Waals surface area contributed by atoms with Crippen molar-refractivity contribution in [3.8, 4) is 5.75 Å². The van der Waals surface area contributed by atoms with Gasteiger partial charge in [-0.15, -0.1) is 0 Å². The van der Waals surface area contributed by atoms with E-state index in [0.717, 1.165) is 6.54 Å². The van der Waals surface area contributed by atoms with Crippen LogP contribution in [0.25, 0.3) is 0 Å². The number of carbonyl (C=O) groups is 2. The molecule has 0 saturated carbocycles. The summed E-state index contributed by atoms with van der Waals surface area (Å²) in [6.45, 7) is 1.69. The smallest absolute Gasteiger partial charge is 0.328 e. The number of nitrogens with one attached hydrogen (secondary N) is 1. The lowest BCUT2D eigenvalue weighted by Crippen LogP contribution is -2.51. The molecule has 2 aromatic rings. The van der Waals surface area contributed by atoms with E-state index in [1.54, 1.807) is 18.2 Å². The van der Waals surface area contributed by atoms with Gasteiger partial charge in [0.2, 0.25) is 5.06 Å². The van der Waals surface area contributed by atoms with E-state index in [1.807, 2.05) is 18.2 Å². The third-order valence-electron chi connectivity index (χ3n) is 4.19. The summed E-state index contributed by atoms with van der Waals surface area (Å²) < 4.78 is 12.0. The first-order chi connectivity index (χ1) is 15.6. The van der Waals surface area contributed by atoms with E-state index < -0.39 is 23.1 Å². The summed E-state index contributed by atoms with van der Waals surface area (Å²) in [6.07, 6.45) is 0.596. The number of alkyl halides is 1. The predicted octanol–water partition coefficient (Wildman–Crippen LogP) is 5.47. The van der Waals surface area contributed by atoms with Crippen molar-refractivity contribution < 1.29 is 29.3 Å². The van der Waals surface area contributed by atoms with E-state index in [-0.39, 0.29) is 20.1 Å². The number of aliphatic carboxylic acids is 2. The zero-order valence-corrected chi connectivity index (χ0v) is 20.5. The third kappa shape index (κ3) is 7.65. The van der Waals surface area contributed by atoms with Gasteiger partial charge in [-0.1, -0.05) is 76.2 Å². The molecule has 178 valence electrons. The molecule has 7 nitrogen and oxygen atoms in total. The second-order valence-electron chi connectivity index (χ2n) is 6.48. The van der Waals surface area contributed by atoms with Crippen LogP contribution in [0.4, 0.5) is 0 Å². The minimum Gasteiger partial charge on any atom is -0.478 e. The van der Waals surface area contributed by atoms with Crippen LogP contribution in [0.15, 0.2) is 48.6 Å². The molecule has 2 aromatic carbocycles. The number of rotatable bonds is 6. The highest BCUT2D eigenvalue weighted by molar-refractivity contribution is 6.52. The fourth-order valence-corrected chi connectivity index (χ4v) is 4.09. The molecule has 0 amide bonds. The third-order valence-corrected chi connectivity index (χ3v) is 6.47. The minimum absolute atomic E-state index is 0.122. The zero-order chi connectivity index (χ0) is 24.6. The van der Waals surface area contributed by atoms with Crippen molar-refractivity contribution >= 4 is 69.9 Å². The van der Waals surface area contributed by atoms with Crippen molar-refractivity contribution in [3.05, 3.63) is 74.2 Å². The number of para-hydroxylation sites is 1. The molecule has 33 heavy (non-hydrogen) atoms. The molecular weight excluding hydrogens is 539 g/mol. The number of benzene rings is 2. The Morgan fingerprint density at radius 1 is 1.03 bits per heavy atom. The average Bonchev–Trinajstić information content (AvgIpc) is 2.80. The Morgan fingerprint density at radius 3 is 2.15 bits per heavy atom. The van der Waals surface area contributed by atoms with E-state index in [2.05, 4.69) is 5.32 Å². The van der Waals surface area contributed by atoms with Gasteiger partial charge < -0.3 is 25.0 Å². The van der Waals surface area contributed by atoms with E-state index >= 15 is 0 Å². The molecule has 0 radical (unpaired) electrons. The summed E-state index contributed by atoms with van der Waals surface area (Å²) in [6, 6.07) is 10.7. The van der Waals surface area contributed by atoms with Crippen molar-refractivity contribution in [2.45, 2.75) is 11.2 Å². The van der Waals surface area contributed by atoms with Crippen LogP contribution >= 0.6 is 58.0 Å². The minimum atomic E-state index is -1.44. The average molecular weight is 558 g/mol. The van der Waals surface area contributed by atoms with Gasteiger partial charge in [0.1, 0.15) is 11.9 Å². The lowest BCUT2D eigenvalue weighted by molar-refractivity contribution is -0.134. The van der Waals surface area contributed by atoms with Crippen molar-refractivity contribution in [1.29, 1.82) is 0 Å². The molecule has 0 bridgehead atoms. The van der Waals surface area contributed by atoms with Gasteiger partial charge in [-0.05, 0) is 18.2 Å². The number of hydrogen-bond donors (Lipinski definition) is 3. The van der Waals surface area contributed by atoms with E-state index in [0.29, 0.717) is 36.6 Å². The first-order valence-corrected chi connectivity index (χ1v) is 11.2. The number of carboxylic acids is 2. The molecule has 12 heteroatoms. The maximum absolute atomic E-state index is 9.55. The molecule has 1 aliphatic heterocycles. The molecular formula is C21H18Cl5NO6. The molecule has 1 aliphatic rings. The van der Waals surface area contributed by atoms with Crippen LogP contribution in [0.5, 0.6) is 5.75 Å². The number of halogens is 5. The molecule has 0 spiro atoms. The van der Waals surface area contributed by atoms with Crippen LogP contribution in [0.2, 0.25) is 20.1 Å². The normalized spacial score (nSPS) is 17.5. The summed E-state index contributed by atoms with van der Waals surface area (Å²) in [5.41, 5.74) is 0.396. The van der Waals surface area contributed by atoms with Crippen molar-refractivity contribution in [1.82, 2.24) is 5.32 Å². The first kappa shape index (κ1) is 27.5. The number of ether oxygens (including phenoxy) is 2. The van der Waals surface area contributed by atoms with E-state index in [1.165, 1.54) is 0 Å². The fraction of sp³-hybridized carbons (Fsp3) is 0.238. The molecule has 1 heterocycles. The largest absolute Gasteiger partial charge is 0.478 e. The highest BCUT2D eigenvalue weighted by atomic mass is 35.5. The Labute approximate surface area is 214 Å². The molecule has 0 unspecified atom stereocenters. The van der Waals surface area contributed by atoms with Gasteiger partial charge in [0.15, 0.2) is 0 Å². The van der Waals surface area contributed by atoms with Crippen LogP contribution in [0.1, 0.15) is 5.56 Å². The molecule has 2 atom stereocenters. The summed E-state index contributed by atoms with van der Waals surface area (Å²) in [4.78, 5) is 19.1. The van der Waals surface area contributed by atoms with E-state index in [4.69, 9.17) is 77.7 Å². The number of hydrogen-bond acceptors (Lipinski definition) is 5. The molecule has 1 fully saturated rings. The quantitative estimate of drug-likeness (QED) is 0.187. The lowest BCUT2D eigenvalue weighted by Gasteiger charge is -2.38. The topological polar surface area (TPSA) is 105 Å². The van der Waals surface area contributed by atoms with Crippen molar-refractivity contribution in [3.63, 3.8) is 0 Å². The predicted molar refractivity (Wildman–Crippen MR) is 128 cm³/mol. The Morgan fingerprint density at radius 2 is 1.64 bits per heavy atom. The maximum atomic E-state index is 9.55. The SMILES string of the molecule is Clc1cc([C@@](Cl)(Oc2ccccc2)[C@@H]2CNCCO2)c(Cl)c(Cl)c1Cl.O=C(O)C=CC(=O)O. The van der Waals surface area contributed by atoms with Gasteiger partial charge in [-0.25, -0.2) is 9.59 Å². The number of morpholine rings is 1. The standard InChI is InChI=1S/C17H14Cl5NO2.C4H4O4/c18-12-8-11(14(19)16(21)15(12)20)17(22,13-9-23-6-7-24-13)25-10-4-2-1-3-5-10;5-3(6)1-2-4(7)8/h1-5,8,13,23H,6-7,9H2;1-2H,(H,5,6)(H,7,8)/t13-,17+;/m0./s1. The van der Waals surface area contributed by atoms with E-state index in [9.17, 15) is 9.59 Å². The van der Waals surface area contributed by atoms with Crippen LogP contribution in [-0.2, 0) is 19.4 Å². The molecule has 0 aromatic heterocycles. The van der Waals surface area contributed by atoms with Gasteiger partial charge >= 0.3 is 11.9 Å². The maximum Gasteiger partial charge on any atom is 0.328 e. The van der Waals surface area contributed by atoms with Gasteiger partial charge in [-0.2, -0.15) is 0 Å². The Kier molecular flexibility index (Phi) is 10.6. The second kappa shape index (κ2) is 12.7. The van der Waals surface area contributed by atoms with Crippen molar-refractivity contribution in [2.24, 2.45) is 0 Å². The fourth-order valence-electron chi connectivity index (χ4n) is 2.72. The van der Waals surface area contributed by atoms with Gasteiger partial charge in [0, 0.05) is 30.8 Å².